The lowest BCUT2D eigenvalue weighted by Crippen LogP contribution is -2.18. The Morgan fingerprint density at radius 1 is 1.50 bits per heavy atom. The van der Waals surface area contributed by atoms with Crippen LogP contribution in [0.1, 0.15) is 43.2 Å². The van der Waals surface area contributed by atoms with Crippen LogP contribution < -0.4 is 0 Å². The van der Waals surface area contributed by atoms with E-state index >= 15 is 0 Å². The van der Waals surface area contributed by atoms with Crippen molar-refractivity contribution in [2.24, 2.45) is 0 Å². The molecule has 0 bridgehead atoms. The number of halogens is 1. The molecule has 2 unspecified atom stereocenters. The molecule has 2 atom stereocenters. The van der Waals surface area contributed by atoms with E-state index in [2.05, 4.69) is 17.0 Å². The Hall–Kier alpha value is -0.910. The SMILES string of the molecule is CCCCC(C(O)c1ccc(Cl)s1)n1cncn1. The van der Waals surface area contributed by atoms with Gasteiger partial charge in [-0.1, -0.05) is 31.4 Å². The summed E-state index contributed by atoms with van der Waals surface area (Å²) in [4.78, 5) is 4.82. The second-order valence-corrected chi connectivity index (χ2v) is 5.92. The minimum Gasteiger partial charge on any atom is -0.385 e. The van der Waals surface area contributed by atoms with Crippen molar-refractivity contribution in [2.75, 3.05) is 0 Å². The summed E-state index contributed by atoms with van der Waals surface area (Å²) >= 11 is 7.32. The normalized spacial score (nSPS) is 14.6. The summed E-state index contributed by atoms with van der Waals surface area (Å²) in [5.41, 5.74) is 0. The van der Waals surface area contributed by atoms with Crippen LogP contribution in [-0.2, 0) is 0 Å². The third kappa shape index (κ3) is 3.10. The number of nitrogens with zero attached hydrogens (tertiary/aromatic N) is 3. The first kappa shape index (κ1) is 13.5. The maximum atomic E-state index is 10.5. The van der Waals surface area contributed by atoms with Crippen molar-refractivity contribution >= 4 is 22.9 Å². The molecule has 18 heavy (non-hydrogen) atoms. The molecule has 2 aromatic rings. The molecule has 0 radical (unpaired) electrons. The van der Waals surface area contributed by atoms with Crippen molar-refractivity contribution in [1.82, 2.24) is 14.8 Å². The zero-order chi connectivity index (χ0) is 13.0. The fourth-order valence-corrected chi connectivity index (χ4v) is 3.02. The third-order valence-corrected chi connectivity index (χ3v) is 4.18. The molecule has 0 saturated carbocycles. The highest BCUT2D eigenvalue weighted by molar-refractivity contribution is 7.16. The molecule has 0 aliphatic rings. The van der Waals surface area contributed by atoms with Crippen molar-refractivity contribution in [3.63, 3.8) is 0 Å². The van der Waals surface area contributed by atoms with Crippen LogP contribution >= 0.6 is 22.9 Å². The predicted molar refractivity (Wildman–Crippen MR) is 72.9 cm³/mol. The topological polar surface area (TPSA) is 50.9 Å². The number of aliphatic hydroxyl groups is 1. The average molecular weight is 286 g/mol. The highest BCUT2D eigenvalue weighted by atomic mass is 35.5. The standard InChI is InChI=1S/C12H16ClN3OS/c1-2-3-4-9(16-8-14-7-15-16)12(17)10-5-6-11(13)18-10/h5-9,12,17H,2-4H2,1H3. The van der Waals surface area contributed by atoms with Crippen molar-refractivity contribution in [1.29, 1.82) is 0 Å². The Bertz CT molecular complexity index is 471. The zero-order valence-electron chi connectivity index (χ0n) is 10.2. The zero-order valence-corrected chi connectivity index (χ0v) is 11.7. The van der Waals surface area contributed by atoms with E-state index in [4.69, 9.17) is 11.6 Å². The van der Waals surface area contributed by atoms with Crippen LogP contribution in [0.4, 0.5) is 0 Å². The minimum atomic E-state index is -0.587. The van der Waals surface area contributed by atoms with Gasteiger partial charge in [0.05, 0.1) is 10.4 Å². The number of thiophene rings is 1. The lowest BCUT2D eigenvalue weighted by molar-refractivity contribution is 0.102. The molecule has 0 fully saturated rings. The maximum Gasteiger partial charge on any atom is 0.137 e. The smallest absolute Gasteiger partial charge is 0.137 e. The molecule has 98 valence electrons. The lowest BCUT2D eigenvalue weighted by Gasteiger charge is -2.21. The van der Waals surface area contributed by atoms with Crippen LogP contribution in [-0.4, -0.2) is 19.9 Å². The van der Waals surface area contributed by atoms with Gasteiger partial charge in [-0.25, -0.2) is 9.67 Å². The van der Waals surface area contributed by atoms with E-state index in [1.54, 1.807) is 11.0 Å². The highest BCUT2D eigenvalue weighted by Gasteiger charge is 2.24. The van der Waals surface area contributed by atoms with Gasteiger partial charge in [0.1, 0.15) is 18.8 Å². The first-order valence-corrected chi connectivity index (χ1v) is 7.19. The van der Waals surface area contributed by atoms with Crippen LogP contribution in [0.3, 0.4) is 0 Å². The summed E-state index contributed by atoms with van der Waals surface area (Å²) in [6.07, 6.45) is 5.56. The summed E-state index contributed by atoms with van der Waals surface area (Å²) in [5.74, 6) is 0. The largest absolute Gasteiger partial charge is 0.385 e. The van der Waals surface area contributed by atoms with Crippen LogP contribution in [0.5, 0.6) is 0 Å². The fourth-order valence-electron chi connectivity index (χ4n) is 1.91. The van der Waals surface area contributed by atoms with Gasteiger partial charge >= 0.3 is 0 Å². The molecule has 4 nitrogen and oxygen atoms in total. The fraction of sp³-hybridized carbons (Fsp3) is 0.500. The molecule has 0 amide bonds. The average Bonchev–Trinajstić information content (AvgIpc) is 3.00. The Labute approximate surface area is 115 Å². The molecule has 0 aliphatic carbocycles. The van der Waals surface area contributed by atoms with Crippen LogP contribution in [0, 0.1) is 0 Å². The number of aliphatic hydroxyl groups excluding tert-OH is 1. The second kappa shape index (κ2) is 6.31. The van der Waals surface area contributed by atoms with Crippen molar-refractivity contribution < 1.29 is 5.11 Å². The van der Waals surface area contributed by atoms with E-state index in [1.165, 1.54) is 17.7 Å². The molecule has 2 rings (SSSR count). The van der Waals surface area contributed by atoms with Crippen LogP contribution in [0.2, 0.25) is 4.34 Å². The minimum absolute atomic E-state index is 0.0813. The first-order valence-electron chi connectivity index (χ1n) is 5.99. The van der Waals surface area contributed by atoms with E-state index in [0.29, 0.717) is 4.34 Å². The number of unbranched alkanes of at least 4 members (excludes halogenated alkanes) is 1. The van der Waals surface area contributed by atoms with Crippen LogP contribution in [0.25, 0.3) is 0 Å². The van der Waals surface area contributed by atoms with Gasteiger partial charge in [0.25, 0.3) is 0 Å². The van der Waals surface area contributed by atoms with Crippen LogP contribution in [0.15, 0.2) is 24.8 Å². The van der Waals surface area contributed by atoms with Gasteiger partial charge < -0.3 is 5.11 Å². The second-order valence-electron chi connectivity index (χ2n) is 4.17. The molecule has 2 heterocycles. The molecule has 2 aromatic heterocycles. The molecule has 0 spiro atoms. The van der Waals surface area contributed by atoms with Gasteiger partial charge in [-0.15, -0.1) is 11.3 Å². The van der Waals surface area contributed by atoms with E-state index in [9.17, 15) is 5.11 Å². The van der Waals surface area contributed by atoms with Crippen molar-refractivity contribution in [3.05, 3.63) is 34.0 Å². The Morgan fingerprint density at radius 3 is 2.89 bits per heavy atom. The number of hydrogen-bond donors (Lipinski definition) is 1. The van der Waals surface area contributed by atoms with E-state index in [0.717, 1.165) is 24.1 Å². The molecular weight excluding hydrogens is 270 g/mol. The van der Waals surface area contributed by atoms with Gasteiger partial charge in [0, 0.05) is 4.88 Å². The van der Waals surface area contributed by atoms with Gasteiger partial charge in [-0.05, 0) is 18.6 Å². The molecule has 0 aromatic carbocycles. The summed E-state index contributed by atoms with van der Waals surface area (Å²) in [5, 5.41) is 14.6. The summed E-state index contributed by atoms with van der Waals surface area (Å²) in [6, 6.07) is 3.60. The third-order valence-electron chi connectivity index (χ3n) is 2.88. The molecule has 6 heteroatoms. The molecular formula is C12H16ClN3OS. The Morgan fingerprint density at radius 2 is 2.33 bits per heavy atom. The molecule has 0 aliphatic heterocycles. The van der Waals surface area contributed by atoms with Gasteiger partial charge in [-0.3, -0.25) is 0 Å². The van der Waals surface area contributed by atoms with Gasteiger partial charge in [-0.2, -0.15) is 5.10 Å². The predicted octanol–water partition coefficient (Wildman–Crippen LogP) is 3.46. The number of rotatable bonds is 6. The van der Waals surface area contributed by atoms with E-state index in [-0.39, 0.29) is 6.04 Å². The number of hydrogen-bond acceptors (Lipinski definition) is 4. The van der Waals surface area contributed by atoms with Gasteiger partial charge in [0.15, 0.2) is 0 Å². The maximum absolute atomic E-state index is 10.5. The van der Waals surface area contributed by atoms with E-state index in [1.807, 2.05) is 12.1 Å². The molecule has 0 saturated heterocycles. The van der Waals surface area contributed by atoms with E-state index < -0.39 is 6.10 Å². The lowest BCUT2D eigenvalue weighted by atomic mass is 10.0. The molecule has 1 N–H and O–H groups in total. The van der Waals surface area contributed by atoms with Crippen molar-refractivity contribution in [3.8, 4) is 0 Å². The summed E-state index contributed by atoms with van der Waals surface area (Å²) in [6.45, 7) is 2.13. The number of aromatic nitrogens is 3. The highest BCUT2D eigenvalue weighted by Crippen LogP contribution is 2.35. The Kier molecular flexibility index (Phi) is 4.74. The monoisotopic (exact) mass is 285 g/mol. The Balaban J connectivity index is 2.18. The quantitative estimate of drug-likeness (QED) is 0.884. The first-order chi connectivity index (χ1) is 8.72. The van der Waals surface area contributed by atoms with Gasteiger partial charge in [0.2, 0.25) is 0 Å². The summed E-state index contributed by atoms with van der Waals surface area (Å²) < 4.78 is 2.42. The van der Waals surface area contributed by atoms with Crippen molar-refractivity contribution in [2.45, 2.75) is 38.3 Å². The summed E-state index contributed by atoms with van der Waals surface area (Å²) in [7, 11) is 0.